The summed E-state index contributed by atoms with van der Waals surface area (Å²) in [5, 5.41) is 0. The fraction of sp³-hybridized carbons (Fsp3) is 0.500. The van der Waals surface area contributed by atoms with E-state index in [1.165, 1.54) is 5.56 Å². The van der Waals surface area contributed by atoms with Gasteiger partial charge in [-0.2, -0.15) is 12.6 Å². The van der Waals surface area contributed by atoms with Crippen molar-refractivity contribution in [1.82, 2.24) is 0 Å². The van der Waals surface area contributed by atoms with Gasteiger partial charge in [0.2, 0.25) is 0 Å². The summed E-state index contributed by atoms with van der Waals surface area (Å²) in [6.45, 7) is 0. The Morgan fingerprint density at radius 1 is 1.18 bits per heavy atom. The molecule has 2 N–H and O–H groups in total. The molecule has 1 rings (SSSR count). The van der Waals surface area contributed by atoms with Crippen molar-refractivity contribution < 1.29 is 14.4 Å². The van der Waals surface area contributed by atoms with Crippen molar-refractivity contribution in [2.24, 2.45) is 0 Å². The van der Waals surface area contributed by atoms with Gasteiger partial charge in [-0.1, -0.05) is 36.8 Å². The number of hydrogen-bond acceptors (Lipinski definition) is 2. The number of hydrogen-bond donors (Lipinski definition) is 3. The Hall–Kier alpha value is -0.280. The molecule has 3 nitrogen and oxygen atoms in total. The first-order chi connectivity index (χ1) is 8.04. The summed E-state index contributed by atoms with van der Waals surface area (Å²) >= 11 is 3.99. The van der Waals surface area contributed by atoms with Crippen molar-refractivity contribution in [1.29, 1.82) is 0 Å². The first-order valence-electron chi connectivity index (χ1n) is 5.74. The molecule has 1 aromatic rings. The molecular formula is C12H19O3PS. The Bertz CT molecular complexity index is 363. The molecule has 17 heavy (non-hydrogen) atoms. The van der Waals surface area contributed by atoms with Gasteiger partial charge in [0.25, 0.3) is 0 Å². The monoisotopic (exact) mass is 274 g/mol. The van der Waals surface area contributed by atoms with Gasteiger partial charge < -0.3 is 9.79 Å². The van der Waals surface area contributed by atoms with Crippen molar-refractivity contribution >= 4 is 20.2 Å². The minimum Gasteiger partial charge on any atom is -0.324 e. The van der Waals surface area contributed by atoms with Gasteiger partial charge in [-0.3, -0.25) is 4.57 Å². The largest absolute Gasteiger partial charge is 0.329 e. The highest BCUT2D eigenvalue weighted by molar-refractivity contribution is 7.80. The lowest BCUT2D eigenvalue weighted by atomic mass is 10.1. The second-order valence-corrected chi connectivity index (χ2v) is 6.43. The summed E-state index contributed by atoms with van der Waals surface area (Å²) in [6, 6.07) is 10.1. The predicted octanol–water partition coefficient (Wildman–Crippen LogP) is 2.88. The van der Waals surface area contributed by atoms with E-state index < -0.39 is 13.3 Å². The topological polar surface area (TPSA) is 57.5 Å². The molecule has 0 amide bonds. The van der Waals surface area contributed by atoms with Crippen LogP contribution in [-0.4, -0.2) is 21.2 Å². The highest BCUT2D eigenvalue weighted by atomic mass is 32.1. The quantitative estimate of drug-likeness (QED) is 0.407. The minimum absolute atomic E-state index is 0.246. The zero-order chi connectivity index (χ0) is 12.7. The fourth-order valence-corrected chi connectivity index (χ4v) is 3.27. The maximum Gasteiger partial charge on any atom is 0.329 e. The second kappa shape index (κ2) is 7.22. The molecule has 0 saturated heterocycles. The highest BCUT2D eigenvalue weighted by Gasteiger charge is 2.26. The van der Waals surface area contributed by atoms with E-state index >= 15 is 0 Å². The lowest BCUT2D eigenvalue weighted by Crippen LogP contribution is -2.10. The van der Waals surface area contributed by atoms with Crippen molar-refractivity contribution in [2.75, 3.05) is 5.75 Å². The van der Waals surface area contributed by atoms with Gasteiger partial charge in [-0.25, -0.2) is 0 Å². The Labute approximate surface area is 108 Å². The first kappa shape index (κ1) is 14.8. The van der Waals surface area contributed by atoms with E-state index in [0.717, 1.165) is 19.3 Å². The van der Waals surface area contributed by atoms with Gasteiger partial charge in [0.1, 0.15) is 0 Å². The summed E-state index contributed by atoms with van der Waals surface area (Å²) in [7, 11) is -3.96. The van der Waals surface area contributed by atoms with Gasteiger partial charge in [-0.05, 0) is 24.8 Å². The predicted molar refractivity (Wildman–Crippen MR) is 73.7 cm³/mol. The van der Waals surface area contributed by atoms with Gasteiger partial charge in [-0.15, -0.1) is 0 Å². The first-order valence-corrected chi connectivity index (χ1v) is 8.05. The molecule has 0 bridgehead atoms. The SMILES string of the molecule is O=P(O)(O)C(CS)CCCCc1ccccc1. The van der Waals surface area contributed by atoms with Crippen molar-refractivity contribution in [3.05, 3.63) is 35.9 Å². The summed E-state index contributed by atoms with van der Waals surface area (Å²) < 4.78 is 11.1. The van der Waals surface area contributed by atoms with Crippen LogP contribution in [0.2, 0.25) is 0 Å². The summed E-state index contributed by atoms with van der Waals surface area (Å²) in [6.07, 6.45) is 3.28. The van der Waals surface area contributed by atoms with Crippen LogP contribution in [0.3, 0.4) is 0 Å². The van der Waals surface area contributed by atoms with E-state index in [2.05, 4.69) is 24.8 Å². The number of benzene rings is 1. The molecule has 0 aromatic heterocycles. The maximum atomic E-state index is 11.1. The molecule has 1 aromatic carbocycles. The van der Waals surface area contributed by atoms with Gasteiger partial charge >= 0.3 is 7.60 Å². The van der Waals surface area contributed by atoms with E-state index in [1.807, 2.05) is 18.2 Å². The summed E-state index contributed by atoms with van der Waals surface area (Å²) in [5.41, 5.74) is 0.674. The standard InChI is InChI=1S/C12H19O3PS/c13-16(14,15)12(10-17)9-5-4-8-11-6-2-1-3-7-11/h1-3,6-7,12,17H,4-5,8-10H2,(H2,13,14,15). The van der Waals surface area contributed by atoms with Crippen molar-refractivity contribution in [3.8, 4) is 0 Å². The van der Waals surface area contributed by atoms with Crippen LogP contribution in [0.4, 0.5) is 0 Å². The van der Waals surface area contributed by atoms with Crippen LogP contribution in [0.5, 0.6) is 0 Å². The molecular weight excluding hydrogens is 255 g/mol. The third-order valence-corrected chi connectivity index (χ3v) is 4.90. The number of thiol groups is 1. The average molecular weight is 274 g/mol. The van der Waals surface area contributed by atoms with Gasteiger partial charge in [0.05, 0.1) is 5.66 Å². The molecule has 0 aliphatic rings. The number of rotatable bonds is 7. The van der Waals surface area contributed by atoms with E-state index in [9.17, 15) is 4.57 Å². The van der Waals surface area contributed by atoms with Crippen LogP contribution in [0.25, 0.3) is 0 Å². The molecule has 1 atom stereocenters. The van der Waals surface area contributed by atoms with Crippen LogP contribution >= 0.6 is 20.2 Å². The molecule has 96 valence electrons. The molecule has 0 aliphatic carbocycles. The van der Waals surface area contributed by atoms with E-state index in [1.54, 1.807) is 0 Å². The molecule has 0 radical (unpaired) electrons. The third kappa shape index (κ3) is 5.73. The average Bonchev–Trinajstić information content (AvgIpc) is 2.28. The number of unbranched alkanes of at least 4 members (excludes halogenated alkanes) is 1. The molecule has 0 saturated carbocycles. The molecule has 5 heteroatoms. The molecule has 0 spiro atoms. The summed E-state index contributed by atoms with van der Waals surface area (Å²) in [4.78, 5) is 18.1. The smallest absolute Gasteiger partial charge is 0.324 e. The Kier molecular flexibility index (Phi) is 6.28. The van der Waals surface area contributed by atoms with Crippen molar-refractivity contribution in [3.63, 3.8) is 0 Å². The lowest BCUT2D eigenvalue weighted by Gasteiger charge is -2.15. The van der Waals surface area contributed by atoms with E-state index in [-0.39, 0.29) is 5.75 Å². The zero-order valence-electron chi connectivity index (χ0n) is 9.70. The third-order valence-electron chi connectivity index (χ3n) is 2.78. The fourth-order valence-electron chi connectivity index (χ4n) is 1.72. The van der Waals surface area contributed by atoms with Crippen LogP contribution < -0.4 is 0 Å². The highest BCUT2D eigenvalue weighted by Crippen LogP contribution is 2.44. The molecule has 0 fully saturated rings. The molecule has 1 unspecified atom stereocenters. The number of aryl methyl sites for hydroxylation is 1. The van der Waals surface area contributed by atoms with Crippen LogP contribution in [0.15, 0.2) is 30.3 Å². The van der Waals surface area contributed by atoms with Crippen molar-refractivity contribution in [2.45, 2.75) is 31.3 Å². The lowest BCUT2D eigenvalue weighted by molar-refractivity contribution is 0.357. The van der Waals surface area contributed by atoms with Crippen LogP contribution in [0, 0.1) is 0 Å². The van der Waals surface area contributed by atoms with Crippen LogP contribution in [-0.2, 0) is 11.0 Å². The Morgan fingerprint density at radius 3 is 2.35 bits per heavy atom. The van der Waals surface area contributed by atoms with Gasteiger partial charge in [0.15, 0.2) is 0 Å². The van der Waals surface area contributed by atoms with E-state index in [4.69, 9.17) is 9.79 Å². The Morgan fingerprint density at radius 2 is 1.82 bits per heavy atom. The van der Waals surface area contributed by atoms with Gasteiger partial charge in [0, 0.05) is 5.75 Å². The summed E-state index contributed by atoms with van der Waals surface area (Å²) in [5.74, 6) is 0.246. The zero-order valence-corrected chi connectivity index (χ0v) is 11.5. The second-order valence-electron chi connectivity index (χ2n) is 4.16. The molecule has 0 aliphatic heterocycles. The minimum atomic E-state index is -3.96. The normalized spacial score (nSPS) is 13.6. The van der Waals surface area contributed by atoms with Crippen LogP contribution in [0.1, 0.15) is 24.8 Å². The van der Waals surface area contributed by atoms with E-state index in [0.29, 0.717) is 6.42 Å². The molecule has 0 heterocycles. The maximum absolute atomic E-state index is 11.1. The Balaban J connectivity index is 2.26.